The zero-order valence-electron chi connectivity index (χ0n) is 14.3. The van der Waals surface area contributed by atoms with Crippen molar-refractivity contribution in [3.05, 3.63) is 58.1 Å². The molecule has 2 N–H and O–H groups in total. The van der Waals surface area contributed by atoms with Crippen LogP contribution in [0, 0.1) is 0 Å². The Bertz CT molecular complexity index is 827. The van der Waals surface area contributed by atoms with Crippen molar-refractivity contribution in [3.63, 3.8) is 0 Å². The normalized spacial score (nSPS) is 10.4. The Kier molecular flexibility index (Phi) is 7.55. The fourth-order valence-electron chi connectivity index (χ4n) is 1.99. The van der Waals surface area contributed by atoms with Crippen LogP contribution in [-0.2, 0) is 0 Å². The van der Waals surface area contributed by atoms with Crippen molar-refractivity contribution in [1.29, 1.82) is 0 Å². The van der Waals surface area contributed by atoms with Crippen molar-refractivity contribution >= 4 is 45.4 Å². The highest BCUT2D eigenvalue weighted by Crippen LogP contribution is 2.28. The van der Waals surface area contributed by atoms with Crippen molar-refractivity contribution in [2.75, 3.05) is 13.7 Å². The number of esters is 1. The highest BCUT2D eigenvalue weighted by molar-refractivity contribution is 9.10. The molecule has 136 valence electrons. The van der Waals surface area contributed by atoms with Gasteiger partial charge in [-0.2, -0.15) is 5.10 Å². The number of carbonyl (C=O) groups is 1. The second-order valence-electron chi connectivity index (χ2n) is 5.04. The third-order valence-electron chi connectivity index (χ3n) is 3.17. The molecule has 0 amide bonds. The first-order valence-corrected chi connectivity index (χ1v) is 8.96. The maximum Gasteiger partial charge on any atom is 0.343 e. The molecule has 0 radical (unpaired) electrons. The van der Waals surface area contributed by atoms with Crippen LogP contribution >= 0.6 is 28.1 Å². The maximum atomic E-state index is 12.3. The van der Waals surface area contributed by atoms with Gasteiger partial charge in [-0.3, -0.25) is 5.43 Å². The summed E-state index contributed by atoms with van der Waals surface area (Å²) in [5.74, 6) is 0.279. The van der Waals surface area contributed by atoms with Crippen LogP contribution in [0.2, 0.25) is 0 Å². The second kappa shape index (κ2) is 9.88. The summed E-state index contributed by atoms with van der Waals surface area (Å²) in [6.45, 7) is 2.66. The Hall–Kier alpha value is -2.45. The summed E-state index contributed by atoms with van der Waals surface area (Å²) < 4.78 is 11.5. The molecule has 0 heterocycles. The van der Waals surface area contributed by atoms with Crippen molar-refractivity contribution < 1.29 is 14.3 Å². The molecular formula is C18H18BrN3O3S. The van der Waals surface area contributed by atoms with Crippen LogP contribution in [-0.4, -0.2) is 31.0 Å². The molecule has 2 rings (SSSR count). The predicted octanol–water partition coefficient (Wildman–Crippen LogP) is 3.49. The molecule has 2 aromatic carbocycles. The number of methoxy groups -OCH3 is 1. The number of ether oxygens (including phenoxy) is 2. The average Bonchev–Trinajstić information content (AvgIpc) is 2.63. The number of carbonyl (C=O) groups excluding carboxylic acids is 1. The second-order valence-corrected chi connectivity index (χ2v) is 6.36. The third kappa shape index (κ3) is 5.82. The highest BCUT2D eigenvalue weighted by atomic mass is 79.9. The van der Waals surface area contributed by atoms with Crippen molar-refractivity contribution in [2.24, 2.45) is 5.10 Å². The Labute approximate surface area is 165 Å². The van der Waals surface area contributed by atoms with E-state index in [1.54, 1.807) is 42.6 Å². The number of thiocarbonyl (C=S) groups is 1. The van der Waals surface area contributed by atoms with Crippen LogP contribution < -0.4 is 20.2 Å². The van der Waals surface area contributed by atoms with E-state index in [0.717, 1.165) is 10.0 Å². The van der Waals surface area contributed by atoms with Gasteiger partial charge in [0.05, 0.1) is 18.9 Å². The minimum absolute atomic E-state index is 0.325. The largest absolute Gasteiger partial charge is 0.493 e. The summed E-state index contributed by atoms with van der Waals surface area (Å²) in [6, 6.07) is 12.1. The lowest BCUT2D eigenvalue weighted by Gasteiger charge is -2.10. The van der Waals surface area contributed by atoms with Crippen LogP contribution in [0.4, 0.5) is 0 Å². The van der Waals surface area contributed by atoms with Gasteiger partial charge >= 0.3 is 5.97 Å². The molecular weight excluding hydrogens is 418 g/mol. The van der Waals surface area contributed by atoms with Gasteiger partial charge in [-0.1, -0.05) is 22.0 Å². The molecule has 0 unspecified atom stereocenters. The summed E-state index contributed by atoms with van der Waals surface area (Å²) in [5.41, 5.74) is 3.90. The number of rotatable bonds is 6. The van der Waals surface area contributed by atoms with E-state index in [0.29, 0.717) is 28.7 Å². The number of hydrogen-bond donors (Lipinski definition) is 2. The number of nitrogens with one attached hydrogen (secondary N) is 2. The summed E-state index contributed by atoms with van der Waals surface area (Å²) >= 11 is 8.35. The molecule has 26 heavy (non-hydrogen) atoms. The topological polar surface area (TPSA) is 72.0 Å². The zero-order chi connectivity index (χ0) is 18.9. The first-order valence-electron chi connectivity index (χ1n) is 7.76. The average molecular weight is 436 g/mol. The molecule has 0 aliphatic rings. The van der Waals surface area contributed by atoms with Gasteiger partial charge in [-0.25, -0.2) is 4.79 Å². The van der Waals surface area contributed by atoms with E-state index in [1.807, 2.05) is 13.0 Å². The lowest BCUT2D eigenvalue weighted by Crippen LogP contribution is -2.31. The lowest BCUT2D eigenvalue weighted by atomic mass is 10.2. The summed E-state index contributed by atoms with van der Waals surface area (Å²) in [5, 5.41) is 7.40. The van der Waals surface area contributed by atoms with Crippen LogP contribution in [0.25, 0.3) is 0 Å². The molecule has 0 atom stereocenters. The van der Waals surface area contributed by atoms with Crippen LogP contribution in [0.3, 0.4) is 0 Å². The van der Waals surface area contributed by atoms with Crippen LogP contribution in [0.5, 0.6) is 11.5 Å². The summed E-state index contributed by atoms with van der Waals surface area (Å²) in [7, 11) is 1.51. The number of hydrazone groups is 1. The monoisotopic (exact) mass is 435 g/mol. The van der Waals surface area contributed by atoms with Crippen LogP contribution in [0.15, 0.2) is 52.0 Å². The Morgan fingerprint density at radius 1 is 1.27 bits per heavy atom. The van der Waals surface area contributed by atoms with E-state index in [2.05, 4.69) is 31.8 Å². The first kappa shape index (κ1) is 19.9. The molecule has 6 nitrogen and oxygen atoms in total. The van der Waals surface area contributed by atoms with Gasteiger partial charge in [0.1, 0.15) is 0 Å². The van der Waals surface area contributed by atoms with Gasteiger partial charge < -0.3 is 14.8 Å². The number of benzene rings is 2. The molecule has 8 heteroatoms. The Morgan fingerprint density at radius 2 is 2.08 bits per heavy atom. The predicted molar refractivity (Wildman–Crippen MR) is 109 cm³/mol. The smallest absolute Gasteiger partial charge is 0.343 e. The van der Waals surface area contributed by atoms with Gasteiger partial charge in [0.15, 0.2) is 16.6 Å². The Morgan fingerprint density at radius 3 is 2.77 bits per heavy atom. The van der Waals surface area contributed by atoms with E-state index in [4.69, 9.17) is 21.7 Å². The summed E-state index contributed by atoms with van der Waals surface area (Å²) in [4.78, 5) is 12.3. The lowest BCUT2D eigenvalue weighted by molar-refractivity contribution is 0.0729. The van der Waals surface area contributed by atoms with Crippen LogP contribution in [0.1, 0.15) is 22.8 Å². The maximum absolute atomic E-state index is 12.3. The number of hydrogen-bond acceptors (Lipinski definition) is 5. The SMILES string of the molecule is CCNC(=S)NN=Cc1ccc(OC(=O)c2cccc(Br)c2)c(OC)c1. The van der Waals surface area contributed by atoms with Crippen molar-refractivity contribution in [3.8, 4) is 11.5 Å². The molecule has 0 fully saturated rings. The molecule has 0 aliphatic carbocycles. The number of halogens is 1. The van der Waals surface area contributed by atoms with E-state index in [-0.39, 0.29) is 0 Å². The molecule has 0 aromatic heterocycles. The van der Waals surface area contributed by atoms with Crippen molar-refractivity contribution in [2.45, 2.75) is 6.92 Å². The van der Waals surface area contributed by atoms with Crippen molar-refractivity contribution in [1.82, 2.24) is 10.7 Å². The fraction of sp³-hybridized carbons (Fsp3) is 0.167. The number of nitrogens with zero attached hydrogens (tertiary/aromatic N) is 1. The van der Waals surface area contributed by atoms with Gasteiger partial charge in [0, 0.05) is 11.0 Å². The van der Waals surface area contributed by atoms with E-state index >= 15 is 0 Å². The van der Waals surface area contributed by atoms with E-state index in [9.17, 15) is 4.79 Å². The molecule has 0 aliphatic heterocycles. The van der Waals surface area contributed by atoms with E-state index in [1.165, 1.54) is 7.11 Å². The summed E-state index contributed by atoms with van der Waals surface area (Å²) in [6.07, 6.45) is 1.59. The van der Waals surface area contributed by atoms with E-state index < -0.39 is 5.97 Å². The van der Waals surface area contributed by atoms with Gasteiger partial charge in [0.25, 0.3) is 0 Å². The third-order valence-corrected chi connectivity index (χ3v) is 3.90. The molecule has 0 saturated carbocycles. The first-order chi connectivity index (χ1) is 12.5. The quantitative estimate of drug-likeness (QED) is 0.238. The fourth-order valence-corrected chi connectivity index (χ4v) is 2.58. The van der Waals surface area contributed by atoms with Gasteiger partial charge in [-0.15, -0.1) is 0 Å². The van der Waals surface area contributed by atoms with Gasteiger partial charge in [0.2, 0.25) is 0 Å². The standard InChI is InChI=1S/C18H18BrN3O3S/c1-3-20-18(26)22-21-11-12-7-8-15(16(9-12)24-2)25-17(23)13-5-4-6-14(19)10-13/h4-11H,3H2,1-2H3,(H2,20,22,26). The zero-order valence-corrected chi connectivity index (χ0v) is 16.7. The minimum Gasteiger partial charge on any atom is -0.493 e. The van der Waals surface area contributed by atoms with Gasteiger partial charge in [-0.05, 0) is 61.1 Å². The Balaban J connectivity index is 2.09. The molecule has 0 spiro atoms. The molecule has 0 saturated heterocycles. The molecule has 2 aromatic rings. The molecule has 0 bridgehead atoms. The highest BCUT2D eigenvalue weighted by Gasteiger charge is 2.13. The minimum atomic E-state index is -0.469.